The van der Waals surface area contributed by atoms with Crippen LogP contribution in [-0.2, 0) is 17.8 Å². The van der Waals surface area contributed by atoms with E-state index in [-0.39, 0.29) is 11.9 Å². The lowest BCUT2D eigenvalue weighted by Gasteiger charge is -2.14. The first-order chi connectivity index (χ1) is 7.69. The normalized spacial score (nSPS) is 12.4. The van der Waals surface area contributed by atoms with Gasteiger partial charge in [0.2, 0.25) is 5.91 Å². The van der Waals surface area contributed by atoms with Gasteiger partial charge in [0, 0.05) is 12.7 Å². The molecule has 1 atom stereocenters. The molecule has 3 N–H and O–H groups in total. The van der Waals surface area contributed by atoms with Crippen LogP contribution in [-0.4, -0.2) is 16.9 Å². The predicted molar refractivity (Wildman–Crippen MR) is 63.7 cm³/mol. The van der Waals surface area contributed by atoms with Crippen LogP contribution >= 0.6 is 0 Å². The van der Waals surface area contributed by atoms with Crippen LogP contribution in [0.3, 0.4) is 0 Å². The largest absolute Gasteiger partial charge is 0.368 e. The van der Waals surface area contributed by atoms with E-state index in [1.54, 1.807) is 6.20 Å². The lowest BCUT2D eigenvalue weighted by molar-refractivity contribution is -0.120. The summed E-state index contributed by atoms with van der Waals surface area (Å²) < 4.78 is 0. The van der Waals surface area contributed by atoms with Crippen molar-refractivity contribution in [3.8, 4) is 0 Å². The molecule has 16 heavy (non-hydrogen) atoms. The zero-order chi connectivity index (χ0) is 12.0. The van der Waals surface area contributed by atoms with Gasteiger partial charge in [0.05, 0.1) is 11.7 Å². The molecular weight excluding hydrogens is 202 g/mol. The minimum atomic E-state index is -0.309. The summed E-state index contributed by atoms with van der Waals surface area (Å²) in [5.74, 6) is -0.309. The highest BCUT2D eigenvalue weighted by molar-refractivity contribution is 5.79. The highest BCUT2D eigenvalue weighted by atomic mass is 16.1. The molecule has 1 amide bonds. The van der Waals surface area contributed by atoms with E-state index in [1.165, 1.54) is 5.56 Å². The van der Waals surface area contributed by atoms with Crippen LogP contribution in [0.15, 0.2) is 18.3 Å². The Labute approximate surface area is 96.3 Å². The van der Waals surface area contributed by atoms with Crippen molar-refractivity contribution in [1.29, 1.82) is 0 Å². The lowest BCUT2D eigenvalue weighted by Crippen LogP contribution is -2.40. The first-order valence-electron chi connectivity index (χ1n) is 5.64. The molecule has 0 aliphatic rings. The number of hydrogen-bond acceptors (Lipinski definition) is 3. The average Bonchev–Trinajstić information content (AvgIpc) is 2.30. The van der Waals surface area contributed by atoms with Gasteiger partial charge in [-0.05, 0) is 24.5 Å². The number of hydrogen-bond donors (Lipinski definition) is 2. The number of amides is 1. The number of aromatic nitrogens is 1. The van der Waals surface area contributed by atoms with Crippen LogP contribution in [0.4, 0.5) is 0 Å². The molecule has 4 nitrogen and oxygen atoms in total. The smallest absolute Gasteiger partial charge is 0.234 e. The standard InChI is InChI=1S/C12H19N3O/c1-3-9-6-5-7-14-11(9)8-15-10(4-2)12(13)16/h5-7,10,15H,3-4,8H2,1-2H3,(H2,13,16). The van der Waals surface area contributed by atoms with Crippen molar-refractivity contribution in [2.45, 2.75) is 39.3 Å². The maximum atomic E-state index is 11.0. The maximum absolute atomic E-state index is 11.0. The SMILES string of the molecule is CCc1cccnc1CNC(CC)C(N)=O. The molecule has 0 radical (unpaired) electrons. The summed E-state index contributed by atoms with van der Waals surface area (Å²) in [6.45, 7) is 4.61. The van der Waals surface area contributed by atoms with Gasteiger partial charge >= 0.3 is 0 Å². The quantitative estimate of drug-likeness (QED) is 0.753. The first-order valence-corrected chi connectivity index (χ1v) is 5.64. The molecule has 1 aromatic heterocycles. The number of rotatable bonds is 6. The fraction of sp³-hybridized carbons (Fsp3) is 0.500. The first kappa shape index (κ1) is 12.6. The number of carbonyl (C=O) groups is 1. The molecule has 88 valence electrons. The van der Waals surface area contributed by atoms with E-state index in [1.807, 2.05) is 13.0 Å². The fourth-order valence-corrected chi connectivity index (χ4v) is 1.62. The Kier molecular flexibility index (Phi) is 4.92. The predicted octanol–water partition coefficient (Wildman–Crippen LogP) is 0.997. The molecule has 0 fully saturated rings. The van der Waals surface area contributed by atoms with Gasteiger partial charge in [-0.1, -0.05) is 19.9 Å². The molecule has 0 saturated heterocycles. The Hall–Kier alpha value is -1.42. The van der Waals surface area contributed by atoms with Crippen LogP contribution in [0.1, 0.15) is 31.5 Å². The highest BCUT2D eigenvalue weighted by Crippen LogP contribution is 2.06. The molecule has 0 aliphatic heterocycles. The minimum Gasteiger partial charge on any atom is -0.368 e. The minimum absolute atomic E-state index is 0.272. The molecule has 0 aromatic carbocycles. The topological polar surface area (TPSA) is 68.0 Å². The number of nitrogens with zero attached hydrogens (tertiary/aromatic N) is 1. The van der Waals surface area contributed by atoms with Crippen molar-refractivity contribution in [3.05, 3.63) is 29.6 Å². The summed E-state index contributed by atoms with van der Waals surface area (Å²) in [4.78, 5) is 15.3. The molecular formula is C12H19N3O. The van der Waals surface area contributed by atoms with Gasteiger partial charge in [0.25, 0.3) is 0 Å². The maximum Gasteiger partial charge on any atom is 0.234 e. The van der Waals surface area contributed by atoms with E-state index in [9.17, 15) is 4.79 Å². The second kappa shape index (κ2) is 6.23. The molecule has 4 heteroatoms. The van der Waals surface area contributed by atoms with E-state index < -0.39 is 0 Å². The Balaban J connectivity index is 2.63. The molecule has 1 unspecified atom stereocenters. The Morgan fingerprint density at radius 3 is 2.88 bits per heavy atom. The number of primary amides is 1. The van der Waals surface area contributed by atoms with Gasteiger partial charge in [0.15, 0.2) is 0 Å². The van der Waals surface area contributed by atoms with E-state index >= 15 is 0 Å². The van der Waals surface area contributed by atoms with Gasteiger partial charge < -0.3 is 11.1 Å². The van der Waals surface area contributed by atoms with E-state index in [4.69, 9.17) is 5.73 Å². The number of aryl methyl sites for hydroxylation is 1. The van der Waals surface area contributed by atoms with Crippen LogP contribution in [0, 0.1) is 0 Å². The van der Waals surface area contributed by atoms with Gasteiger partial charge in [-0.15, -0.1) is 0 Å². The number of pyridine rings is 1. The van der Waals surface area contributed by atoms with E-state index in [2.05, 4.69) is 23.3 Å². The van der Waals surface area contributed by atoms with Crippen LogP contribution in [0.2, 0.25) is 0 Å². The molecule has 0 aliphatic carbocycles. The van der Waals surface area contributed by atoms with Gasteiger partial charge in [0.1, 0.15) is 0 Å². The van der Waals surface area contributed by atoms with Crippen molar-refractivity contribution < 1.29 is 4.79 Å². The molecule has 0 saturated carbocycles. The second-order valence-electron chi connectivity index (χ2n) is 3.71. The molecule has 0 bridgehead atoms. The Bertz CT molecular complexity index is 352. The summed E-state index contributed by atoms with van der Waals surface area (Å²) >= 11 is 0. The number of carbonyl (C=O) groups excluding carboxylic acids is 1. The lowest BCUT2D eigenvalue weighted by atomic mass is 10.1. The zero-order valence-electron chi connectivity index (χ0n) is 9.86. The summed E-state index contributed by atoms with van der Waals surface area (Å²) in [6.07, 6.45) is 3.41. The van der Waals surface area contributed by atoms with Crippen LogP contribution in [0.5, 0.6) is 0 Å². The number of nitrogens with two attached hydrogens (primary N) is 1. The van der Waals surface area contributed by atoms with E-state index in [0.29, 0.717) is 13.0 Å². The summed E-state index contributed by atoms with van der Waals surface area (Å²) in [7, 11) is 0. The Morgan fingerprint density at radius 2 is 2.31 bits per heavy atom. The Morgan fingerprint density at radius 1 is 1.56 bits per heavy atom. The summed E-state index contributed by atoms with van der Waals surface area (Å²) in [6, 6.07) is 3.70. The molecule has 1 heterocycles. The van der Waals surface area contributed by atoms with Crippen LogP contribution in [0.25, 0.3) is 0 Å². The summed E-state index contributed by atoms with van der Waals surface area (Å²) in [5.41, 5.74) is 7.45. The monoisotopic (exact) mass is 221 g/mol. The van der Waals surface area contributed by atoms with Crippen molar-refractivity contribution in [2.75, 3.05) is 0 Å². The summed E-state index contributed by atoms with van der Waals surface area (Å²) in [5, 5.41) is 3.12. The van der Waals surface area contributed by atoms with Crippen molar-refractivity contribution in [1.82, 2.24) is 10.3 Å². The molecule has 1 rings (SSSR count). The fourth-order valence-electron chi connectivity index (χ4n) is 1.62. The third kappa shape index (κ3) is 3.31. The second-order valence-corrected chi connectivity index (χ2v) is 3.71. The average molecular weight is 221 g/mol. The third-order valence-corrected chi connectivity index (χ3v) is 2.63. The van der Waals surface area contributed by atoms with Crippen molar-refractivity contribution in [2.24, 2.45) is 5.73 Å². The van der Waals surface area contributed by atoms with Gasteiger partial charge in [-0.2, -0.15) is 0 Å². The highest BCUT2D eigenvalue weighted by Gasteiger charge is 2.12. The molecule has 0 spiro atoms. The zero-order valence-corrected chi connectivity index (χ0v) is 9.86. The molecule has 1 aromatic rings. The van der Waals surface area contributed by atoms with E-state index in [0.717, 1.165) is 12.1 Å². The van der Waals surface area contributed by atoms with Gasteiger partial charge in [-0.3, -0.25) is 9.78 Å². The van der Waals surface area contributed by atoms with Crippen molar-refractivity contribution >= 4 is 5.91 Å². The van der Waals surface area contributed by atoms with Gasteiger partial charge in [-0.25, -0.2) is 0 Å². The number of nitrogens with one attached hydrogen (secondary N) is 1. The van der Waals surface area contributed by atoms with Crippen LogP contribution < -0.4 is 11.1 Å². The van der Waals surface area contributed by atoms with Crippen molar-refractivity contribution in [3.63, 3.8) is 0 Å². The third-order valence-electron chi connectivity index (χ3n) is 2.63.